The number of hydrogen-bond acceptors (Lipinski definition) is 5. The lowest BCUT2D eigenvalue weighted by Gasteiger charge is -2.09. The summed E-state index contributed by atoms with van der Waals surface area (Å²) in [6.45, 7) is -0.237. The minimum absolute atomic E-state index is 0.0289. The van der Waals surface area contributed by atoms with E-state index in [-0.39, 0.29) is 13.2 Å². The molecule has 0 saturated heterocycles. The fourth-order valence-corrected chi connectivity index (χ4v) is 2.57. The summed E-state index contributed by atoms with van der Waals surface area (Å²) in [6.07, 6.45) is 0. The SMILES string of the molecule is COC(=O)c1cccc(COC(=O)COc2ccc(Br)cc2Cl)c1. The molecule has 0 fully saturated rings. The summed E-state index contributed by atoms with van der Waals surface area (Å²) < 4.78 is 15.9. The third kappa shape index (κ3) is 5.25. The van der Waals surface area contributed by atoms with E-state index in [1.807, 2.05) is 0 Å². The van der Waals surface area contributed by atoms with Gasteiger partial charge in [0.25, 0.3) is 0 Å². The molecule has 2 rings (SSSR count). The van der Waals surface area contributed by atoms with Crippen molar-refractivity contribution in [2.45, 2.75) is 6.61 Å². The molecule has 0 aliphatic carbocycles. The molecular formula is C17H14BrClO5. The molecule has 0 unspecified atom stereocenters. The van der Waals surface area contributed by atoms with Crippen LogP contribution in [0.4, 0.5) is 0 Å². The number of carbonyl (C=O) groups excluding carboxylic acids is 2. The molecule has 126 valence electrons. The summed E-state index contributed by atoms with van der Waals surface area (Å²) in [5, 5.41) is 0.392. The van der Waals surface area contributed by atoms with Crippen LogP contribution in [0.1, 0.15) is 15.9 Å². The highest BCUT2D eigenvalue weighted by Gasteiger charge is 2.09. The maximum atomic E-state index is 11.8. The molecule has 0 saturated carbocycles. The monoisotopic (exact) mass is 412 g/mol. The standard InChI is InChI=1S/C17H14BrClO5/c1-22-17(21)12-4-2-3-11(7-12)9-24-16(20)10-23-15-6-5-13(18)8-14(15)19/h2-8H,9-10H2,1H3. The van der Waals surface area contributed by atoms with E-state index in [1.165, 1.54) is 7.11 Å². The summed E-state index contributed by atoms with van der Waals surface area (Å²) in [7, 11) is 1.31. The highest BCUT2D eigenvalue weighted by atomic mass is 79.9. The van der Waals surface area contributed by atoms with E-state index in [0.29, 0.717) is 21.9 Å². The van der Waals surface area contributed by atoms with Gasteiger partial charge in [0, 0.05) is 4.47 Å². The van der Waals surface area contributed by atoms with Gasteiger partial charge in [-0.3, -0.25) is 0 Å². The Morgan fingerprint density at radius 3 is 2.67 bits per heavy atom. The van der Waals surface area contributed by atoms with Crippen LogP contribution in [-0.2, 0) is 20.9 Å². The van der Waals surface area contributed by atoms with E-state index in [2.05, 4.69) is 20.7 Å². The quantitative estimate of drug-likeness (QED) is 0.670. The minimum Gasteiger partial charge on any atom is -0.480 e. The Bertz CT molecular complexity index is 748. The smallest absolute Gasteiger partial charge is 0.344 e. The average molecular weight is 414 g/mol. The maximum Gasteiger partial charge on any atom is 0.344 e. The Morgan fingerprint density at radius 1 is 1.17 bits per heavy atom. The fraction of sp³-hybridized carbons (Fsp3) is 0.176. The molecule has 0 spiro atoms. The topological polar surface area (TPSA) is 61.8 Å². The van der Waals surface area contributed by atoms with E-state index < -0.39 is 11.9 Å². The van der Waals surface area contributed by atoms with Crippen LogP contribution in [0, 0.1) is 0 Å². The lowest BCUT2D eigenvalue weighted by Crippen LogP contribution is -2.15. The van der Waals surface area contributed by atoms with Crippen LogP contribution >= 0.6 is 27.5 Å². The van der Waals surface area contributed by atoms with E-state index in [4.69, 9.17) is 21.1 Å². The number of carbonyl (C=O) groups is 2. The molecule has 0 bridgehead atoms. The first-order valence-electron chi connectivity index (χ1n) is 6.90. The van der Waals surface area contributed by atoms with Crippen molar-refractivity contribution >= 4 is 39.5 Å². The van der Waals surface area contributed by atoms with Gasteiger partial charge in [-0.25, -0.2) is 9.59 Å². The molecule has 24 heavy (non-hydrogen) atoms. The Labute approximate surface area is 152 Å². The molecule has 0 aliphatic heterocycles. The Hall–Kier alpha value is -2.05. The first-order valence-corrected chi connectivity index (χ1v) is 8.07. The second-order valence-corrected chi connectivity index (χ2v) is 6.04. The number of esters is 2. The maximum absolute atomic E-state index is 11.8. The minimum atomic E-state index is -0.544. The zero-order valence-corrected chi connectivity index (χ0v) is 15.1. The normalized spacial score (nSPS) is 10.1. The van der Waals surface area contributed by atoms with Gasteiger partial charge in [0.15, 0.2) is 6.61 Å². The molecule has 5 nitrogen and oxygen atoms in total. The number of ether oxygens (including phenoxy) is 3. The van der Waals surface area contributed by atoms with Gasteiger partial charge in [-0.15, -0.1) is 0 Å². The number of hydrogen-bond donors (Lipinski definition) is 0. The predicted molar refractivity (Wildman–Crippen MR) is 92.2 cm³/mol. The Balaban J connectivity index is 1.86. The van der Waals surface area contributed by atoms with E-state index in [0.717, 1.165) is 4.47 Å². The van der Waals surface area contributed by atoms with Crippen molar-refractivity contribution < 1.29 is 23.8 Å². The molecule has 0 N–H and O–H groups in total. The molecule has 0 amide bonds. The van der Waals surface area contributed by atoms with Gasteiger partial charge < -0.3 is 14.2 Å². The summed E-state index contributed by atoms with van der Waals surface area (Å²) in [4.78, 5) is 23.2. The zero-order valence-electron chi connectivity index (χ0n) is 12.8. The molecule has 0 heterocycles. The van der Waals surface area contributed by atoms with E-state index in [1.54, 1.807) is 42.5 Å². The van der Waals surface area contributed by atoms with Gasteiger partial charge in [-0.05, 0) is 35.9 Å². The summed E-state index contributed by atoms with van der Waals surface area (Å²) in [6, 6.07) is 11.7. The Morgan fingerprint density at radius 2 is 1.96 bits per heavy atom. The van der Waals surface area contributed by atoms with Crippen LogP contribution in [0.5, 0.6) is 5.75 Å². The van der Waals surface area contributed by atoms with E-state index in [9.17, 15) is 9.59 Å². The van der Waals surface area contributed by atoms with Crippen molar-refractivity contribution in [3.8, 4) is 5.75 Å². The largest absolute Gasteiger partial charge is 0.480 e. The van der Waals surface area contributed by atoms with Crippen molar-refractivity contribution in [2.75, 3.05) is 13.7 Å². The van der Waals surface area contributed by atoms with Crippen molar-refractivity contribution in [1.29, 1.82) is 0 Å². The molecule has 2 aromatic carbocycles. The first kappa shape index (κ1) is 18.3. The highest BCUT2D eigenvalue weighted by molar-refractivity contribution is 9.10. The van der Waals surface area contributed by atoms with Crippen molar-refractivity contribution in [3.05, 3.63) is 63.1 Å². The van der Waals surface area contributed by atoms with Gasteiger partial charge in [0.05, 0.1) is 17.7 Å². The molecule has 0 aromatic heterocycles. The van der Waals surface area contributed by atoms with Crippen molar-refractivity contribution in [2.24, 2.45) is 0 Å². The Kier molecular flexibility index (Phi) is 6.63. The number of methoxy groups -OCH3 is 1. The highest BCUT2D eigenvalue weighted by Crippen LogP contribution is 2.27. The molecule has 0 radical (unpaired) electrons. The molecule has 7 heteroatoms. The van der Waals surface area contributed by atoms with Crippen LogP contribution < -0.4 is 4.74 Å². The number of rotatable bonds is 6. The van der Waals surface area contributed by atoms with Crippen molar-refractivity contribution in [3.63, 3.8) is 0 Å². The van der Waals surface area contributed by atoms with Crippen LogP contribution in [0.25, 0.3) is 0 Å². The van der Waals surface area contributed by atoms with Gasteiger partial charge in [-0.1, -0.05) is 39.7 Å². The van der Waals surface area contributed by atoms with Gasteiger partial charge in [0.2, 0.25) is 0 Å². The fourth-order valence-electron chi connectivity index (χ4n) is 1.84. The number of benzene rings is 2. The lowest BCUT2D eigenvalue weighted by atomic mass is 10.1. The zero-order chi connectivity index (χ0) is 17.5. The third-order valence-electron chi connectivity index (χ3n) is 2.99. The van der Waals surface area contributed by atoms with E-state index >= 15 is 0 Å². The molecule has 2 aromatic rings. The number of halogens is 2. The third-order valence-corrected chi connectivity index (χ3v) is 3.78. The first-order chi connectivity index (χ1) is 11.5. The van der Waals surface area contributed by atoms with Gasteiger partial charge >= 0.3 is 11.9 Å². The van der Waals surface area contributed by atoms with Gasteiger partial charge in [-0.2, -0.15) is 0 Å². The van der Waals surface area contributed by atoms with Gasteiger partial charge in [0.1, 0.15) is 12.4 Å². The molecule has 0 aliphatic rings. The van der Waals surface area contributed by atoms with Crippen LogP contribution in [-0.4, -0.2) is 25.7 Å². The summed E-state index contributed by atoms with van der Waals surface area (Å²) >= 11 is 9.28. The predicted octanol–water partition coefficient (Wildman–Crippen LogP) is 4.01. The second kappa shape index (κ2) is 8.70. The molecule has 0 atom stereocenters. The van der Waals surface area contributed by atoms with Crippen molar-refractivity contribution in [1.82, 2.24) is 0 Å². The molecular weight excluding hydrogens is 400 g/mol. The second-order valence-electron chi connectivity index (χ2n) is 4.72. The summed E-state index contributed by atoms with van der Waals surface area (Å²) in [5.74, 6) is -0.599. The average Bonchev–Trinajstić information content (AvgIpc) is 2.58. The van der Waals surface area contributed by atoms with Crippen LogP contribution in [0.2, 0.25) is 5.02 Å². The van der Waals surface area contributed by atoms with Crippen LogP contribution in [0.15, 0.2) is 46.9 Å². The van der Waals surface area contributed by atoms with Crippen LogP contribution in [0.3, 0.4) is 0 Å². The summed E-state index contributed by atoms with van der Waals surface area (Å²) in [5.41, 5.74) is 1.07. The lowest BCUT2D eigenvalue weighted by molar-refractivity contribution is -0.147.